The third-order valence-corrected chi connectivity index (χ3v) is 6.33. The maximum atomic E-state index is 13.1. The Bertz CT molecular complexity index is 803. The number of carbonyl (C=O) groups excluding carboxylic acids is 2. The Balaban J connectivity index is 1.63. The lowest BCUT2D eigenvalue weighted by Gasteiger charge is -2.25. The summed E-state index contributed by atoms with van der Waals surface area (Å²) >= 11 is 1.71. The number of amides is 2. The molecule has 0 spiro atoms. The van der Waals surface area contributed by atoms with E-state index in [1.165, 1.54) is 0 Å². The minimum Gasteiger partial charge on any atom is -0.341 e. The molecule has 1 atom stereocenters. The summed E-state index contributed by atoms with van der Waals surface area (Å²) in [6.45, 7) is 1.76. The number of nitrogens with zero attached hydrogens (tertiary/aromatic N) is 2. The van der Waals surface area contributed by atoms with Crippen LogP contribution in [0.25, 0.3) is 0 Å². The van der Waals surface area contributed by atoms with Crippen LogP contribution in [-0.2, 0) is 9.59 Å². The zero-order valence-electron chi connectivity index (χ0n) is 14.6. The molecule has 134 valence electrons. The number of fused-ring (bicyclic) bond motifs is 1. The number of rotatable bonds is 3. The molecule has 2 heterocycles. The van der Waals surface area contributed by atoms with Gasteiger partial charge in [0.05, 0.1) is 5.69 Å². The maximum absolute atomic E-state index is 13.1. The Morgan fingerprint density at radius 3 is 2.46 bits per heavy atom. The number of carbonyl (C=O) groups is 2. The molecular formula is C21H22N2O2S. The van der Waals surface area contributed by atoms with E-state index in [0.29, 0.717) is 6.42 Å². The predicted octanol–water partition coefficient (Wildman–Crippen LogP) is 3.88. The van der Waals surface area contributed by atoms with Crippen molar-refractivity contribution in [2.24, 2.45) is 0 Å². The van der Waals surface area contributed by atoms with Crippen LogP contribution >= 0.6 is 11.8 Å². The number of para-hydroxylation sites is 1. The molecule has 26 heavy (non-hydrogen) atoms. The second kappa shape index (κ2) is 7.54. The van der Waals surface area contributed by atoms with Crippen molar-refractivity contribution in [3.05, 3.63) is 60.2 Å². The average Bonchev–Trinajstić information content (AvgIpc) is 3.17. The first-order valence-electron chi connectivity index (χ1n) is 9.11. The van der Waals surface area contributed by atoms with Gasteiger partial charge in [-0.1, -0.05) is 42.5 Å². The minimum absolute atomic E-state index is 0.0175. The molecule has 2 aromatic carbocycles. The molecule has 0 bridgehead atoms. The van der Waals surface area contributed by atoms with Gasteiger partial charge in [-0.05, 0) is 30.5 Å². The van der Waals surface area contributed by atoms with E-state index in [-0.39, 0.29) is 23.6 Å². The minimum atomic E-state index is 0.0175. The third kappa shape index (κ3) is 3.49. The molecule has 2 aliphatic rings. The standard InChI is InChI=1S/C21H22N2O2S/c24-20-14-19(16-8-2-1-3-9-16)26-18-11-5-4-10-17(18)23(20)15-21(25)22-12-6-7-13-22/h1-5,8-11,19H,6-7,12-15H2. The molecule has 0 radical (unpaired) electrons. The van der Waals surface area contributed by atoms with Crippen LogP contribution in [0, 0.1) is 0 Å². The summed E-state index contributed by atoms with van der Waals surface area (Å²) in [6.07, 6.45) is 2.51. The van der Waals surface area contributed by atoms with Crippen molar-refractivity contribution in [3.63, 3.8) is 0 Å². The quantitative estimate of drug-likeness (QED) is 0.828. The maximum Gasteiger partial charge on any atom is 0.242 e. The van der Waals surface area contributed by atoms with Crippen molar-refractivity contribution in [2.75, 3.05) is 24.5 Å². The fourth-order valence-electron chi connectivity index (χ4n) is 3.61. The van der Waals surface area contributed by atoms with Crippen molar-refractivity contribution in [1.29, 1.82) is 0 Å². The topological polar surface area (TPSA) is 40.6 Å². The van der Waals surface area contributed by atoms with Gasteiger partial charge in [0.1, 0.15) is 6.54 Å². The third-order valence-electron chi connectivity index (χ3n) is 5.01. The average molecular weight is 366 g/mol. The molecule has 0 saturated carbocycles. The number of benzene rings is 2. The molecule has 2 aliphatic heterocycles. The van der Waals surface area contributed by atoms with E-state index in [0.717, 1.165) is 42.1 Å². The van der Waals surface area contributed by atoms with E-state index in [9.17, 15) is 9.59 Å². The zero-order valence-corrected chi connectivity index (χ0v) is 15.5. The Hall–Kier alpha value is -2.27. The van der Waals surface area contributed by atoms with Crippen molar-refractivity contribution >= 4 is 29.3 Å². The molecule has 0 aliphatic carbocycles. The van der Waals surface area contributed by atoms with Gasteiger partial charge in [-0.3, -0.25) is 9.59 Å². The van der Waals surface area contributed by atoms with Crippen LogP contribution in [-0.4, -0.2) is 36.3 Å². The van der Waals surface area contributed by atoms with Gasteiger partial charge in [0.15, 0.2) is 0 Å². The van der Waals surface area contributed by atoms with E-state index in [1.54, 1.807) is 16.7 Å². The molecule has 5 heteroatoms. The summed E-state index contributed by atoms with van der Waals surface area (Å²) in [6, 6.07) is 18.1. The number of hydrogen-bond donors (Lipinski definition) is 0. The first-order valence-corrected chi connectivity index (χ1v) is 9.99. The van der Waals surface area contributed by atoms with Gasteiger partial charge in [-0.2, -0.15) is 0 Å². The Kier molecular flexibility index (Phi) is 4.98. The number of anilines is 1. The lowest BCUT2D eigenvalue weighted by atomic mass is 10.1. The van der Waals surface area contributed by atoms with Crippen LogP contribution in [0.1, 0.15) is 30.1 Å². The molecule has 1 saturated heterocycles. The number of thioether (sulfide) groups is 1. The summed E-state index contributed by atoms with van der Waals surface area (Å²) in [5, 5.41) is 0.0664. The summed E-state index contributed by atoms with van der Waals surface area (Å²) in [4.78, 5) is 30.3. The first-order chi connectivity index (χ1) is 12.7. The predicted molar refractivity (Wildman–Crippen MR) is 104 cm³/mol. The Morgan fingerprint density at radius 2 is 1.69 bits per heavy atom. The summed E-state index contributed by atoms with van der Waals surface area (Å²) < 4.78 is 0. The molecule has 4 nitrogen and oxygen atoms in total. The molecule has 0 aromatic heterocycles. The van der Waals surface area contributed by atoms with E-state index < -0.39 is 0 Å². The summed E-state index contributed by atoms with van der Waals surface area (Å²) in [5.74, 6) is 0.0673. The molecule has 1 unspecified atom stereocenters. The lowest BCUT2D eigenvalue weighted by molar-refractivity contribution is -0.130. The van der Waals surface area contributed by atoms with Crippen LogP contribution in [0.3, 0.4) is 0 Å². The Labute approximate surface area is 158 Å². The highest BCUT2D eigenvalue weighted by Gasteiger charge is 2.31. The number of hydrogen-bond acceptors (Lipinski definition) is 3. The molecule has 2 aromatic rings. The van der Waals surface area contributed by atoms with Gasteiger partial charge >= 0.3 is 0 Å². The van der Waals surface area contributed by atoms with Gasteiger partial charge in [-0.15, -0.1) is 11.8 Å². The van der Waals surface area contributed by atoms with E-state index in [4.69, 9.17) is 0 Å². The van der Waals surface area contributed by atoms with Gasteiger partial charge in [0.2, 0.25) is 11.8 Å². The van der Waals surface area contributed by atoms with Crippen LogP contribution < -0.4 is 4.90 Å². The van der Waals surface area contributed by atoms with Crippen molar-refractivity contribution < 1.29 is 9.59 Å². The summed E-state index contributed by atoms with van der Waals surface area (Å²) in [5.41, 5.74) is 2.00. The lowest BCUT2D eigenvalue weighted by Crippen LogP contribution is -2.42. The van der Waals surface area contributed by atoms with Gasteiger partial charge in [-0.25, -0.2) is 0 Å². The Morgan fingerprint density at radius 1 is 1.00 bits per heavy atom. The second-order valence-electron chi connectivity index (χ2n) is 6.76. The molecule has 1 fully saturated rings. The largest absolute Gasteiger partial charge is 0.341 e. The molecule has 4 rings (SSSR count). The second-order valence-corrected chi connectivity index (χ2v) is 8.00. The molecular weight excluding hydrogens is 344 g/mol. The van der Waals surface area contributed by atoms with E-state index in [1.807, 2.05) is 47.4 Å². The van der Waals surface area contributed by atoms with Crippen molar-refractivity contribution in [3.8, 4) is 0 Å². The normalized spacial score (nSPS) is 20.0. The van der Waals surface area contributed by atoms with Crippen molar-refractivity contribution in [2.45, 2.75) is 29.4 Å². The van der Waals surface area contributed by atoms with Crippen LogP contribution in [0.4, 0.5) is 5.69 Å². The fraction of sp³-hybridized carbons (Fsp3) is 0.333. The van der Waals surface area contributed by atoms with Crippen molar-refractivity contribution in [1.82, 2.24) is 4.90 Å². The van der Waals surface area contributed by atoms with Gasteiger partial charge < -0.3 is 9.80 Å². The smallest absolute Gasteiger partial charge is 0.242 e. The van der Waals surface area contributed by atoms with E-state index in [2.05, 4.69) is 12.1 Å². The van der Waals surface area contributed by atoms with Crippen LogP contribution in [0.2, 0.25) is 0 Å². The van der Waals surface area contributed by atoms with E-state index >= 15 is 0 Å². The van der Waals surface area contributed by atoms with Gasteiger partial charge in [0, 0.05) is 29.7 Å². The highest BCUT2D eigenvalue weighted by atomic mass is 32.2. The molecule has 2 amide bonds. The number of likely N-dealkylation sites (tertiary alicyclic amines) is 1. The van der Waals surface area contributed by atoms with Crippen LogP contribution in [0.15, 0.2) is 59.5 Å². The summed E-state index contributed by atoms with van der Waals surface area (Å²) in [7, 11) is 0. The van der Waals surface area contributed by atoms with Crippen LogP contribution in [0.5, 0.6) is 0 Å². The fourth-order valence-corrected chi connectivity index (χ4v) is 4.89. The monoisotopic (exact) mass is 366 g/mol. The first kappa shape index (κ1) is 17.2. The highest BCUT2D eigenvalue weighted by Crippen LogP contribution is 2.45. The SMILES string of the molecule is O=C(CN1C(=O)CC(c2ccccc2)Sc2ccccc21)N1CCCC1. The molecule has 0 N–H and O–H groups in total. The highest BCUT2D eigenvalue weighted by molar-refractivity contribution is 7.99. The zero-order chi connectivity index (χ0) is 17.9. The van der Waals surface area contributed by atoms with Gasteiger partial charge in [0.25, 0.3) is 0 Å².